The van der Waals surface area contributed by atoms with Crippen LogP contribution in [0.25, 0.3) is 0 Å². The van der Waals surface area contributed by atoms with Crippen molar-refractivity contribution in [3.63, 3.8) is 0 Å². The van der Waals surface area contributed by atoms with Gasteiger partial charge in [0.1, 0.15) is 29.7 Å². The Morgan fingerprint density at radius 2 is 1.82 bits per heavy atom. The quantitative estimate of drug-likeness (QED) is 0.613. The van der Waals surface area contributed by atoms with Crippen LogP contribution in [0.2, 0.25) is 5.02 Å². The van der Waals surface area contributed by atoms with Gasteiger partial charge in [-0.15, -0.1) is 0 Å². The summed E-state index contributed by atoms with van der Waals surface area (Å²) in [7, 11) is 0. The lowest BCUT2D eigenvalue weighted by Crippen LogP contribution is -2.00. The Morgan fingerprint density at radius 3 is 2.29 bits per heavy atom. The lowest BCUT2D eigenvalue weighted by molar-refractivity contribution is 0.475. The molecule has 82 valence electrons. The number of benzene rings is 1. The predicted octanol–water partition coefficient (Wildman–Crippen LogP) is 2.28. The highest BCUT2D eigenvalue weighted by atomic mass is 35.5. The van der Waals surface area contributed by atoms with Crippen LogP contribution in [-0.4, -0.2) is 5.11 Å². The molecule has 0 amide bonds. The monoisotopic (exact) mass is 244 g/mol. The van der Waals surface area contributed by atoms with Crippen molar-refractivity contribution in [3.05, 3.63) is 34.5 Å². The molecule has 0 saturated carbocycles. The number of allylic oxidation sites excluding steroid dienone is 2. The fourth-order valence-electron chi connectivity index (χ4n) is 1.01. The van der Waals surface area contributed by atoms with Gasteiger partial charge < -0.3 is 10.4 Å². The average molecular weight is 245 g/mol. The summed E-state index contributed by atoms with van der Waals surface area (Å²) in [6.45, 7) is 0. The lowest BCUT2D eigenvalue weighted by Gasteiger charge is -2.05. The molecular formula is C11H5ClN4O. The number of phenols is 1. The zero-order valence-corrected chi connectivity index (χ0v) is 9.15. The number of anilines is 1. The van der Waals surface area contributed by atoms with E-state index in [-0.39, 0.29) is 22.0 Å². The Bertz CT molecular complexity index is 585. The summed E-state index contributed by atoms with van der Waals surface area (Å²) in [5, 5.41) is 37.9. The van der Waals surface area contributed by atoms with Crippen molar-refractivity contribution in [2.24, 2.45) is 0 Å². The predicted molar refractivity (Wildman–Crippen MR) is 60.6 cm³/mol. The number of nitrogens with zero attached hydrogens (tertiary/aromatic N) is 3. The molecule has 1 aromatic rings. The minimum atomic E-state index is -0.323. The van der Waals surface area contributed by atoms with E-state index in [9.17, 15) is 5.11 Å². The third-order valence-corrected chi connectivity index (χ3v) is 2.11. The second kappa shape index (κ2) is 5.42. The highest BCUT2D eigenvalue weighted by Crippen LogP contribution is 2.26. The van der Waals surface area contributed by atoms with Crippen molar-refractivity contribution in [2.75, 3.05) is 5.32 Å². The van der Waals surface area contributed by atoms with Gasteiger partial charge in [0.25, 0.3) is 0 Å². The van der Waals surface area contributed by atoms with Crippen LogP contribution >= 0.6 is 11.6 Å². The molecule has 0 atom stereocenters. The maximum atomic E-state index is 9.20. The smallest absolute Gasteiger partial charge is 0.163 e. The van der Waals surface area contributed by atoms with Crippen LogP contribution in [0.5, 0.6) is 5.75 Å². The van der Waals surface area contributed by atoms with Crippen molar-refractivity contribution in [2.45, 2.75) is 0 Å². The fourth-order valence-corrected chi connectivity index (χ4v) is 1.19. The zero-order valence-electron chi connectivity index (χ0n) is 8.40. The number of rotatable bonds is 2. The number of phenolic OH excluding ortho intramolecular Hbond substituents is 1. The van der Waals surface area contributed by atoms with Crippen LogP contribution in [0.15, 0.2) is 29.5 Å². The molecule has 0 aromatic heterocycles. The van der Waals surface area contributed by atoms with E-state index in [0.717, 1.165) is 0 Å². The van der Waals surface area contributed by atoms with Gasteiger partial charge in [0.2, 0.25) is 0 Å². The van der Waals surface area contributed by atoms with E-state index in [2.05, 4.69) is 5.32 Å². The maximum Gasteiger partial charge on any atom is 0.163 e. The van der Waals surface area contributed by atoms with Crippen molar-refractivity contribution < 1.29 is 5.11 Å². The molecule has 0 radical (unpaired) electrons. The summed E-state index contributed by atoms with van der Waals surface area (Å²) in [6, 6.07) is 9.07. The molecule has 1 rings (SSSR count). The first kappa shape index (κ1) is 12.4. The van der Waals surface area contributed by atoms with Gasteiger partial charge in [0.05, 0.1) is 5.02 Å². The SMILES string of the molecule is N#CC(C#N)=C(C#N)Nc1ccc(O)c(Cl)c1. The zero-order chi connectivity index (χ0) is 12.8. The van der Waals surface area contributed by atoms with Gasteiger partial charge in [0.15, 0.2) is 5.57 Å². The van der Waals surface area contributed by atoms with Gasteiger partial charge in [-0.2, -0.15) is 15.8 Å². The first-order valence-electron chi connectivity index (χ1n) is 4.32. The van der Waals surface area contributed by atoms with E-state index in [4.69, 9.17) is 27.4 Å². The molecule has 0 fully saturated rings. The first-order chi connectivity index (χ1) is 8.12. The minimum absolute atomic E-state index is 0.0968. The van der Waals surface area contributed by atoms with Crippen LogP contribution < -0.4 is 5.32 Å². The van der Waals surface area contributed by atoms with Crippen LogP contribution in [-0.2, 0) is 0 Å². The Labute approximate surface area is 102 Å². The lowest BCUT2D eigenvalue weighted by atomic mass is 10.2. The molecule has 0 aliphatic rings. The van der Waals surface area contributed by atoms with E-state index < -0.39 is 0 Å². The number of nitrogens with one attached hydrogen (secondary N) is 1. The number of hydrogen-bond acceptors (Lipinski definition) is 5. The summed E-state index contributed by atoms with van der Waals surface area (Å²) in [4.78, 5) is 0. The topological polar surface area (TPSA) is 104 Å². The number of halogens is 1. The largest absolute Gasteiger partial charge is 0.506 e. The second-order valence-electron chi connectivity index (χ2n) is 2.88. The molecule has 0 aliphatic heterocycles. The summed E-state index contributed by atoms with van der Waals surface area (Å²) >= 11 is 5.67. The Balaban J connectivity index is 3.11. The average Bonchev–Trinajstić information content (AvgIpc) is 2.33. The summed E-state index contributed by atoms with van der Waals surface area (Å²) < 4.78 is 0. The molecule has 0 aliphatic carbocycles. The molecular weight excluding hydrogens is 240 g/mol. The number of hydrogen-bond donors (Lipinski definition) is 2. The number of nitriles is 3. The van der Waals surface area contributed by atoms with Gasteiger partial charge in [-0.3, -0.25) is 0 Å². The molecule has 5 nitrogen and oxygen atoms in total. The minimum Gasteiger partial charge on any atom is -0.506 e. The molecule has 0 bridgehead atoms. The summed E-state index contributed by atoms with van der Waals surface area (Å²) in [5.41, 5.74) is -0.0965. The summed E-state index contributed by atoms with van der Waals surface area (Å²) in [6.07, 6.45) is 0. The van der Waals surface area contributed by atoms with E-state index in [1.54, 1.807) is 18.2 Å². The van der Waals surface area contributed by atoms with Crippen molar-refractivity contribution >= 4 is 17.3 Å². The standard InChI is InChI=1S/C11H5ClN4O/c12-9-3-8(1-2-11(9)17)16-10(6-15)7(4-13)5-14/h1-3,16-17H. The van der Waals surface area contributed by atoms with Gasteiger partial charge in [-0.25, -0.2) is 0 Å². The molecule has 17 heavy (non-hydrogen) atoms. The molecule has 0 unspecified atom stereocenters. The molecule has 6 heteroatoms. The van der Waals surface area contributed by atoms with Crippen molar-refractivity contribution in [3.8, 4) is 24.0 Å². The Kier molecular flexibility index (Phi) is 3.95. The van der Waals surface area contributed by atoms with Crippen LogP contribution in [0.1, 0.15) is 0 Å². The van der Waals surface area contributed by atoms with Crippen LogP contribution in [0.3, 0.4) is 0 Å². The Hall–Kier alpha value is -2.68. The molecule has 0 spiro atoms. The van der Waals surface area contributed by atoms with E-state index in [0.29, 0.717) is 5.69 Å². The van der Waals surface area contributed by atoms with Crippen LogP contribution in [0.4, 0.5) is 5.69 Å². The Morgan fingerprint density at radius 1 is 1.18 bits per heavy atom. The molecule has 1 aromatic carbocycles. The molecule has 0 saturated heterocycles. The van der Waals surface area contributed by atoms with Crippen molar-refractivity contribution in [1.29, 1.82) is 15.8 Å². The van der Waals surface area contributed by atoms with E-state index >= 15 is 0 Å². The van der Waals surface area contributed by atoms with E-state index in [1.807, 2.05) is 0 Å². The van der Waals surface area contributed by atoms with Gasteiger partial charge in [-0.1, -0.05) is 11.6 Å². The van der Waals surface area contributed by atoms with Gasteiger partial charge >= 0.3 is 0 Å². The third kappa shape index (κ3) is 2.89. The fraction of sp³-hybridized carbons (Fsp3) is 0. The molecule has 2 N–H and O–H groups in total. The normalized spacial score (nSPS) is 8.35. The highest BCUT2D eigenvalue weighted by molar-refractivity contribution is 6.32. The van der Waals surface area contributed by atoms with Gasteiger partial charge in [0, 0.05) is 5.69 Å². The first-order valence-corrected chi connectivity index (χ1v) is 4.70. The maximum absolute atomic E-state index is 9.20. The third-order valence-electron chi connectivity index (χ3n) is 1.80. The highest BCUT2D eigenvalue weighted by Gasteiger charge is 2.07. The van der Waals surface area contributed by atoms with Gasteiger partial charge in [-0.05, 0) is 18.2 Å². The second-order valence-corrected chi connectivity index (χ2v) is 3.28. The van der Waals surface area contributed by atoms with Crippen LogP contribution in [0, 0.1) is 34.0 Å². The van der Waals surface area contributed by atoms with E-state index in [1.165, 1.54) is 18.2 Å². The summed E-state index contributed by atoms with van der Waals surface area (Å²) in [5.74, 6) is -0.0968. The number of aromatic hydroxyl groups is 1. The van der Waals surface area contributed by atoms with Crippen molar-refractivity contribution in [1.82, 2.24) is 0 Å². The molecule has 0 heterocycles.